The van der Waals surface area contributed by atoms with Gasteiger partial charge in [0.15, 0.2) is 0 Å². The van der Waals surface area contributed by atoms with E-state index < -0.39 is 11.7 Å². The molecule has 1 aromatic heterocycles. The molecule has 0 aliphatic carbocycles. The number of piperidine rings is 1. The lowest BCUT2D eigenvalue weighted by atomic mass is 10.0. The molecule has 1 fully saturated rings. The Morgan fingerprint density at radius 1 is 1.00 bits per heavy atom. The number of carbonyl (C=O) groups is 2. The van der Waals surface area contributed by atoms with E-state index in [0.717, 1.165) is 60.1 Å². The molecule has 0 saturated carbocycles. The average Bonchev–Trinajstić information content (AvgIpc) is 3.00. The van der Waals surface area contributed by atoms with Crippen molar-refractivity contribution in [1.29, 1.82) is 0 Å². The number of rotatable bonds is 5. The number of halogens is 1. The van der Waals surface area contributed by atoms with E-state index in [1.807, 2.05) is 61.3 Å². The van der Waals surface area contributed by atoms with Crippen LogP contribution in [0.1, 0.15) is 46.4 Å². The van der Waals surface area contributed by atoms with E-state index in [4.69, 9.17) is 11.6 Å². The topological polar surface area (TPSA) is 54.3 Å². The number of aromatic nitrogens is 1. The van der Waals surface area contributed by atoms with Crippen LogP contribution >= 0.6 is 11.6 Å². The molecule has 2 heterocycles. The number of Topliss-reactive ketones (excluding diaryl/α,β-unsaturated/α-hetero) is 1. The van der Waals surface area contributed by atoms with Gasteiger partial charge in [-0.25, -0.2) is 5.01 Å². The van der Waals surface area contributed by atoms with E-state index in [1.54, 1.807) is 0 Å². The lowest BCUT2D eigenvalue weighted by Crippen LogP contribution is -2.47. The first-order valence-electron chi connectivity index (χ1n) is 10.4. The lowest BCUT2D eigenvalue weighted by Gasteiger charge is -2.26. The minimum Gasteiger partial charge on any atom is -0.340 e. The summed E-state index contributed by atoms with van der Waals surface area (Å²) in [6.07, 6.45) is 3.23. The molecule has 0 atom stereocenters. The third kappa shape index (κ3) is 4.13. The molecule has 6 heteroatoms. The molecule has 4 rings (SSSR count). The number of nitrogens with one attached hydrogen (secondary N) is 1. The summed E-state index contributed by atoms with van der Waals surface area (Å²) in [5.74, 6) is -1.05. The number of benzene rings is 2. The second kappa shape index (κ2) is 8.62. The van der Waals surface area contributed by atoms with Gasteiger partial charge in [-0.1, -0.05) is 41.8 Å². The third-order valence-electron chi connectivity index (χ3n) is 5.78. The van der Waals surface area contributed by atoms with Crippen LogP contribution < -0.4 is 5.43 Å². The van der Waals surface area contributed by atoms with E-state index in [1.165, 1.54) is 0 Å². The van der Waals surface area contributed by atoms with Crippen molar-refractivity contribution in [2.24, 2.45) is 0 Å². The van der Waals surface area contributed by atoms with Crippen molar-refractivity contribution < 1.29 is 9.59 Å². The van der Waals surface area contributed by atoms with Crippen LogP contribution in [-0.4, -0.2) is 34.4 Å². The summed E-state index contributed by atoms with van der Waals surface area (Å²) in [6.45, 7) is 6.08. The van der Waals surface area contributed by atoms with E-state index in [9.17, 15) is 9.59 Å². The fourth-order valence-electron chi connectivity index (χ4n) is 4.17. The molecule has 0 unspecified atom stereocenters. The van der Waals surface area contributed by atoms with Crippen LogP contribution in [0.3, 0.4) is 0 Å². The SMILES string of the molecule is Cc1ccc2c(c1)c(C(=O)C(=O)NN1CCCCC1)c(C)n2Cc1ccc(Cl)cc1. The van der Waals surface area contributed by atoms with Gasteiger partial charge >= 0.3 is 5.91 Å². The molecule has 1 saturated heterocycles. The van der Waals surface area contributed by atoms with Crippen LogP contribution in [0.25, 0.3) is 10.9 Å². The van der Waals surface area contributed by atoms with Crippen molar-refractivity contribution in [2.75, 3.05) is 13.1 Å². The molecular weight excluding hydrogens is 398 g/mol. The highest BCUT2D eigenvalue weighted by Gasteiger charge is 2.27. The molecule has 0 spiro atoms. The Bertz CT molecular complexity index is 1100. The molecular formula is C24H26ClN3O2. The molecule has 30 heavy (non-hydrogen) atoms. The highest BCUT2D eigenvalue weighted by molar-refractivity contribution is 6.45. The highest BCUT2D eigenvalue weighted by Crippen LogP contribution is 2.29. The maximum atomic E-state index is 13.2. The van der Waals surface area contributed by atoms with Crippen LogP contribution in [0.2, 0.25) is 5.02 Å². The lowest BCUT2D eigenvalue weighted by molar-refractivity contribution is -0.122. The molecule has 1 aliphatic rings. The number of amides is 1. The zero-order valence-corrected chi connectivity index (χ0v) is 18.1. The number of hydrogen-bond acceptors (Lipinski definition) is 3. The Hall–Kier alpha value is -2.63. The summed E-state index contributed by atoms with van der Waals surface area (Å²) < 4.78 is 2.10. The highest BCUT2D eigenvalue weighted by atomic mass is 35.5. The minimum absolute atomic E-state index is 0.483. The first-order valence-corrected chi connectivity index (χ1v) is 10.8. The van der Waals surface area contributed by atoms with Crippen LogP contribution in [0.4, 0.5) is 0 Å². The van der Waals surface area contributed by atoms with Gasteiger partial charge in [-0.2, -0.15) is 0 Å². The van der Waals surface area contributed by atoms with E-state index in [0.29, 0.717) is 17.1 Å². The molecule has 1 N–H and O–H groups in total. The summed E-state index contributed by atoms with van der Waals surface area (Å²) in [5, 5.41) is 3.37. The maximum absolute atomic E-state index is 13.2. The summed E-state index contributed by atoms with van der Waals surface area (Å²) in [7, 11) is 0. The monoisotopic (exact) mass is 423 g/mol. The van der Waals surface area contributed by atoms with Crippen molar-refractivity contribution in [3.05, 3.63) is 69.9 Å². The fraction of sp³-hybridized carbons (Fsp3) is 0.333. The number of hydrazine groups is 1. The second-order valence-electron chi connectivity index (χ2n) is 8.01. The van der Waals surface area contributed by atoms with Crippen LogP contribution in [0.5, 0.6) is 0 Å². The molecule has 1 aliphatic heterocycles. The van der Waals surface area contributed by atoms with Gasteiger partial charge in [0.25, 0.3) is 5.78 Å². The van der Waals surface area contributed by atoms with Crippen molar-refractivity contribution in [3.63, 3.8) is 0 Å². The average molecular weight is 424 g/mol. The van der Waals surface area contributed by atoms with Crippen LogP contribution in [0.15, 0.2) is 42.5 Å². The zero-order chi connectivity index (χ0) is 21.3. The Morgan fingerprint density at radius 2 is 1.70 bits per heavy atom. The summed E-state index contributed by atoms with van der Waals surface area (Å²) in [6, 6.07) is 13.7. The normalized spacial score (nSPS) is 14.8. The van der Waals surface area contributed by atoms with Crippen molar-refractivity contribution >= 4 is 34.2 Å². The predicted molar refractivity (Wildman–Crippen MR) is 120 cm³/mol. The van der Waals surface area contributed by atoms with Gasteiger partial charge in [-0.05, 0) is 56.5 Å². The van der Waals surface area contributed by atoms with Crippen molar-refractivity contribution in [2.45, 2.75) is 39.7 Å². The number of carbonyl (C=O) groups excluding carboxylic acids is 2. The summed E-state index contributed by atoms with van der Waals surface area (Å²) in [5.41, 5.74) is 7.17. The summed E-state index contributed by atoms with van der Waals surface area (Å²) in [4.78, 5) is 26.0. The van der Waals surface area contributed by atoms with E-state index >= 15 is 0 Å². The van der Waals surface area contributed by atoms with Gasteiger partial charge in [0.2, 0.25) is 0 Å². The fourth-order valence-corrected chi connectivity index (χ4v) is 4.30. The Kier molecular flexibility index (Phi) is 5.93. The molecule has 1 amide bonds. The third-order valence-corrected chi connectivity index (χ3v) is 6.03. The summed E-state index contributed by atoms with van der Waals surface area (Å²) >= 11 is 6.02. The van der Waals surface area contributed by atoms with Gasteiger partial charge in [0.1, 0.15) is 0 Å². The number of nitrogens with zero attached hydrogens (tertiary/aromatic N) is 2. The Morgan fingerprint density at radius 3 is 2.40 bits per heavy atom. The quantitative estimate of drug-likeness (QED) is 0.479. The zero-order valence-electron chi connectivity index (χ0n) is 17.4. The Labute approximate surface area is 181 Å². The molecule has 2 aromatic carbocycles. The second-order valence-corrected chi connectivity index (χ2v) is 8.45. The Balaban J connectivity index is 1.70. The molecule has 3 aromatic rings. The van der Waals surface area contributed by atoms with Gasteiger partial charge in [-0.15, -0.1) is 0 Å². The van der Waals surface area contributed by atoms with E-state index in [2.05, 4.69) is 9.99 Å². The molecule has 0 bridgehead atoms. The molecule has 5 nitrogen and oxygen atoms in total. The van der Waals surface area contributed by atoms with Crippen LogP contribution in [-0.2, 0) is 11.3 Å². The number of ketones is 1. The van der Waals surface area contributed by atoms with Gasteiger partial charge < -0.3 is 4.57 Å². The number of fused-ring (bicyclic) bond motifs is 1. The smallest absolute Gasteiger partial charge is 0.306 e. The maximum Gasteiger partial charge on any atom is 0.306 e. The minimum atomic E-state index is -0.563. The van der Waals surface area contributed by atoms with Gasteiger partial charge in [-0.3, -0.25) is 15.0 Å². The van der Waals surface area contributed by atoms with Crippen LogP contribution in [0, 0.1) is 13.8 Å². The molecule has 0 radical (unpaired) electrons. The van der Waals surface area contributed by atoms with Crippen molar-refractivity contribution in [3.8, 4) is 0 Å². The first-order chi connectivity index (χ1) is 14.4. The van der Waals surface area contributed by atoms with E-state index in [-0.39, 0.29) is 0 Å². The largest absolute Gasteiger partial charge is 0.340 e. The number of aryl methyl sites for hydroxylation is 1. The van der Waals surface area contributed by atoms with Gasteiger partial charge in [0, 0.05) is 41.3 Å². The number of hydrogen-bond donors (Lipinski definition) is 1. The molecule has 156 valence electrons. The standard InChI is InChI=1S/C24H26ClN3O2/c1-16-6-11-21-20(14-16)22(23(29)24(30)26-27-12-4-3-5-13-27)17(2)28(21)15-18-7-9-19(25)10-8-18/h6-11,14H,3-5,12-13,15H2,1-2H3,(H,26,30). The van der Waals surface area contributed by atoms with Crippen molar-refractivity contribution in [1.82, 2.24) is 15.0 Å². The van der Waals surface area contributed by atoms with Gasteiger partial charge in [0.05, 0.1) is 5.56 Å². The first kappa shape index (κ1) is 20.6. The predicted octanol–water partition coefficient (Wildman–Crippen LogP) is 4.66.